The average Bonchev–Trinajstić information content (AvgIpc) is 3.82. The number of rotatable bonds is 11. The van der Waals surface area contributed by atoms with E-state index in [2.05, 4.69) is 9.97 Å². The molecule has 9 nitrogen and oxygen atoms in total. The molecule has 0 aliphatic heterocycles. The van der Waals surface area contributed by atoms with Gasteiger partial charge >= 0.3 is 0 Å². The molecule has 6 aromatic rings. The lowest BCUT2D eigenvalue weighted by atomic mass is 10.2. The number of aryl methyl sites for hydroxylation is 2. The van der Waals surface area contributed by atoms with Crippen molar-refractivity contribution < 1.29 is 23.0 Å². The van der Waals surface area contributed by atoms with Crippen LogP contribution in [0.15, 0.2) is 87.3 Å². The molecule has 4 aromatic heterocycles. The zero-order chi connectivity index (χ0) is 28.9. The minimum atomic E-state index is 0.216. The maximum atomic E-state index is 6.21. The molecule has 0 aliphatic rings. The van der Waals surface area contributed by atoms with Gasteiger partial charge in [-0.2, -0.15) is 0 Å². The monoisotopic (exact) mass is 580 g/mol. The van der Waals surface area contributed by atoms with Crippen LogP contribution in [0.3, 0.4) is 0 Å². The zero-order valence-corrected chi connectivity index (χ0v) is 24.1. The highest BCUT2D eigenvalue weighted by molar-refractivity contribution is 7.09. The number of hydrogen-bond donors (Lipinski definition) is 0. The van der Waals surface area contributed by atoms with E-state index in [0.717, 1.165) is 27.5 Å². The van der Waals surface area contributed by atoms with Gasteiger partial charge in [-0.25, -0.2) is 14.6 Å². The van der Waals surface area contributed by atoms with Crippen molar-refractivity contribution in [3.8, 4) is 34.7 Å². The van der Waals surface area contributed by atoms with E-state index < -0.39 is 0 Å². The summed E-state index contributed by atoms with van der Waals surface area (Å²) in [6.07, 6.45) is 7.46. The molecule has 0 radical (unpaired) electrons. The largest absolute Gasteiger partial charge is 0.493 e. The highest BCUT2D eigenvalue weighted by Crippen LogP contribution is 2.31. The van der Waals surface area contributed by atoms with Crippen molar-refractivity contribution in [1.29, 1.82) is 0 Å². The average molecular weight is 581 g/mol. The first-order chi connectivity index (χ1) is 20.6. The van der Waals surface area contributed by atoms with E-state index in [-0.39, 0.29) is 13.2 Å². The quantitative estimate of drug-likeness (QED) is 0.155. The third-order valence-corrected chi connectivity index (χ3v) is 7.18. The molecule has 0 atom stereocenters. The lowest BCUT2D eigenvalue weighted by Crippen LogP contribution is -2.02. The molecule has 0 fully saturated rings. The second-order valence-electron chi connectivity index (χ2n) is 9.36. The lowest BCUT2D eigenvalue weighted by molar-refractivity contribution is 0.275. The van der Waals surface area contributed by atoms with Crippen LogP contribution in [0, 0.1) is 13.8 Å². The summed E-state index contributed by atoms with van der Waals surface area (Å²) in [6, 6.07) is 19.2. The van der Waals surface area contributed by atoms with Crippen LogP contribution < -0.4 is 14.2 Å². The number of benzene rings is 2. The van der Waals surface area contributed by atoms with Gasteiger partial charge in [-0.05, 0) is 68.0 Å². The first-order valence-corrected chi connectivity index (χ1v) is 14.1. The van der Waals surface area contributed by atoms with Gasteiger partial charge in [-0.1, -0.05) is 24.3 Å². The van der Waals surface area contributed by atoms with Gasteiger partial charge in [0.1, 0.15) is 24.7 Å². The van der Waals surface area contributed by atoms with Crippen LogP contribution in [-0.4, -0.2) is 26.9 Å². The predicted octanol–water partition coefficient (Wildman–Crippen LogP) is 7.53. The second-order valence-corrected chi connectivity index (χ2v) is 10.4. The maximum absolute atomic E-state index is 6.21. The highest BCUT2D eigenvalue weighted by Gasteiger charge is 2.16. The number of hydrogen-bond acceptors (Lipinski definition) is 9. The van der Waals surface area contributed by atoms with E-state index in [9.17, 15) is 0 Å². The van der Waals surface area contributed by atoms with E-state index in [1.807, 2.05) is 90.8 Å². The molecule has 6 rings (SSSR count). The normalized spacial score (nSPS) is 11.3. The molecule has 2 aromatic carbocycles. The fourth-order valence-corrected chi connectivity index (χ4v) is 4.81. The van der Waals surface area contributed by atoms with Crippen molar-refractivity contribution in [2.45, 2.75) is 27.1 Å². The number of oxazole rings is 1. The number of methoxy groups -OCH3 is 1. The molecule has 42 heavy (non-hydrogen) atoms. The third-order valence-electron chi connectivity index (χ3n) is 6.39. The summed E-state index contributed by atoms with van der Waals surface area (Å²) in [5, 5.41) is 7.75. The molecule has 0 aliphatic carbocycles. The Morgan fingerprint density at radius 1 is 0.929 bits per heavy atom. The van der Waals surface area contributed by atoms with Crippen molar-refractivity contribution in [2.75, 3.05) is 7.11 Å². The second kappa shape index (κ2) is 12.2. The topological polar surface area (TPSA) is 97.6 Å². The van der Waals surface area contributed by atoms with Crippen LogP contribution in [0.25, 0.3) is 29.5 Å². The molecule has 0 unspecified atom stereocenters. The number of para-hydroxylation sites is 1. The van der Waals surface area contributed by atoms with E-state index in [1.165, 1.54) is 0 Å². The fraction of sp³-hybridized carbons (Fsp3) is 0.156. The molecule has 0 amide bonds. The Hall–Kier alpha value is -5.09. The number of nitrogens with zero attached hydrogens (tertiary/aromatic N) is 4. The van der Waals surface area contributed by atoms with Crippen molar-refractivity contribution >= 4 is 23.5 Å². The van der Waals surface area contributed by atoms with E-state index in [4.69, 9.17) is 28.1 Å². The van der Waals surface area contributed by atoms with Crippen LogP contribution in [0.4, 0.5) is 0 Å². The van der Waals surface area contributed by atoms with Gasteiger partial charge in [0, 0.05) is 11.6 Å². The van der Waals surface area contributed by atoms with Crippen molar-refractivity contribution in [3.63, 3.8) is 0 Å². The Bertz CT molecular complexity index is 1800. The number of thiazole rings is 1. The van der Waals surface area contributed by atoms with Crippen molar-refractivity contribution in [2.24, 2.45) is 0 Å². The smallest absolute Gasteiger partial charge is 0.263 e. The van der Waals surface area contributed by atoms with Crippen LogP contribution in [-0.2, 0) is 13.2 Å². The lowest BCUT2D eigenvalue weighted by Gasteiger charge is -2.12. The SMILES string of the molecule is COc1cc(COc2nn(-c3ccccc3)cc2/C=C/c2csc(C)n2)ccc1OCc1nc(-c2ccco2)oc1C. The van der Waals surface area contributed by atoms with Gasteiger partial charge < -0.3 is 23.0 Å². The van der Waals surface area contributed by atoms with Gasteiger partial charge in [-0.3, -0.25) is 0 Å². The van der Waals surface area contributed by atoms with Gasteiger partial charge in [0.2, 0.25) is 5.88 Å². The van der Waals surface area contributed by atoms with Gasteiger partial charge in [0.15, 0.2) is 17.3 Å². The van der Waals surface area contributed by atoms with Gasteiger partial charge in [0.05, 0.1) is 35.3 Å². The minimum Gasteiger partial charge on any atom is -0.493 e. The Balaban J connectivity index is 1.17. The van der Waals surface area contributed by atoms with Crippen molar-refractivity contribution in [1.82, 2.24) is 19.7 Å². The maximum Gasteiger partial charge on any atom is 0.263 e. The highest BCUT2D eigenvalue weighted by atomic mass is 32.1. The van der Waals surface area contributed by atoms with Gasteiger partial charge in [0.25, 0.3) is 5.89 Å². The minimum absolute atomic E-state index is 0.216. The molecule has 0 saturated carbocycles. The molecule has 0 bridgehead atoms. The fourth-order valence-electron chi connectivity index (χ4n) is 4.23. The number of ether oxygens (including phenoxy) is 3. The summed E-state index contributed by atoms with van der Waals surface area (Å²) in [6.45, 7) is 4.33. The first kappa shape index (κ1) is 27.1. The molecule has 0 spiro atoms. The zero-order valence-electron chi connectivity index (χ0n) is 23.3. The number of aromatic nitrogens is 4. The standard InChI is InChI=1S/C32H28N4O5S/c1-21-27(34-32(41-21)29-10-7-15-38-29)19-39-28-14-11-23(16-30(28)37-3)18-40-31-24(12-13-25-20-42-22(2)33-25)17-36(35-31)26-8-5-4-6-9-26/h4-17,20H,18-19H2,1-3H3/b13-12+. The molecular weight excluding hydrogens is 552 g/mol. The molecule has 10 heteroatoms. The Kier molecular flexibility index (Phi) is 7.87. The van der Waals surface area contributed by atoms with E-state index in [0.29, 0.717) is 40.5 Å². The van der Waals surface area contributed by atoms with Crippen molar-refractivity contribution in [3.05, 3.63) is 112 Å². The first-order valence-electron chi connectivity index (χ1n) is 13.2. The summed E-state index contributed by atoms with van der Waals surface area (Å²) < 4.78 is 30.8. The van der Waals surface area contributed by atoms with Crippen LogP contribution in [0.2, 0.25) is 0 Å². The molecule has 4 heterocycles. The Morgan fingerprint density at radius 3 is 2.57 bits per heavy atom. The molecule has 212 valence electrons. The van der Waals surface area contributed by atoms with Crippen LogP contribution in [0.1, 0.15) is 33.3 Å². The summed E-state index contributed by atoms with van der Waals surface area (Å²) in [7, 11) is 1.60. The summed E-state index contributed by atoms with van der Waals surface area (Å²) in [5.41, 5.74) is 4.25. The Morgan fingerprint density at radius 2 is 1.81 bits per heavy atom. The van der Waals surface area contributed by atoms with E-state index in [1.54, 1.807) is 36.8 Å². The van der Waals surface area contributed by atoms with Crippen LogP contribution >= 0.6 is 11.3 Å². The van der Waals surface area contributed by atoms with Gasteiger partial charge in [-0.15, -0.1) is 16.4 Å². The third kappa shape index (κ3) is 6.13. The van der Waals surface area contributed by atoms with Crippen LogP contribution in [0.5, 0.6) is 17.4 Å². The molecule has 0 saturated heterocycles. The number of furan rings is 1. The van der Waals surface area contributed by atoms with E-state index >= 15 is 0 Å². The summed E-state index contributed by atoms with van der Waals surface area (Å²) >= 11 is 1.61. The predicted molar refractivity (Wildman–Crippen MR) is 160 cm³/mol. The summed E-state index contributed by atoms with van der Waals surface area (Å²) in [4.78, 5) is 9.02. The molecule has 0 N–H and O–H groups in total. The summed E-state index contributed by atoms with van der Waals surface area (Å²) in [5.74, 6) is 3.32. The molecular formula is C32H28N4O5S. The Labute approximate surface area is 246 Å².